The van der Waals surface area contributed by atoms with E-state index in [4.69, 9.17) is 5.11 Å². The first kappa shape index (κ1) is 15.7. The molecule has 1 heterocycles. The molecule has 0 fully saturated rings. The summed E-state index contributed by atoms with van der Waals surface area (Å²) in [6.07, 6.45) is 3.48. The highest BCUT2D eigenvalue weighted by atomic mass is 32.2. The number of rotatable bonds is 7. The molecule has 0 radical (unpaired) electrons. The second kappa shape index (κ2) is 6.21. The SMILES string of the molecule is CC(C)N(CCCC(=O)O)S(=O)(=O)c1ccn(C)c1. The molecule has 1 aromatic heterocycles. The standard InChI is InChI=1S/C12H20N2O4S/c1-10(2)14(7-4-5-12(15)16)19(17,18)11-6-8-13(3)9-11/h6,8-10H,4-5,7H2,1-3H3,(H,15,16). The Balaban J connectivity index is 2.89. The van der Waals surface area contributed by atoms with Gasteiger partial charge in [0.2, 0.25) is 10.0 Å². The third kappa shape index (κ3) is 4.07. The van der Waals surface area contributed by atoms with E-state index in [-0.39, 0.29) is 23.9 Å². The van der Waals surface area contributed by atoms with Crippen LogP contribution in [0.15, 0.2) is 23.4 Å². The molecule has 0 spiro atoms. The second-order valence-corrected chi connectivity index (χ2v) is 6.61. The Kier molecular flexibility index (Phi) is 5.13. The van der Waals surface area contributed by atoms with Gasteiger partial charge in [-0.15, -0.1) is 0 Å². The van der Waals surface area contributed by atoms with Gasteiger partial charge in [-0.05, 0) is 26.3 Å². The third-order valence-corrected chi connectivity index (χ3v) is 4.82. The number of carbonyl (C=O) groups is 1. The van der Waals surface area contributed by atoms with Crippen molar-refractivity contribution in [3.63, 3.8) is 0 Å². The molecule has 108 valence electrons. The first-order valence-corrected chi connectivity index (χ1v) is 7.54. The van der Waals surface area contributed by atoms with Gasteiger partial charge in [-0.2, -0.15) is 4.31 Å². The van der Waals surface area contributed by atoms with E-state index in [0.29, 0.717) is 6.42 Å². The van der Waals surface area contributed by atoms with Crippen LogP contribution < -0.4 is 0 Å². The molecule has 0 amide bonds. The summed E-state index contributed by atoms with van der Waals surface area (Å²) in [4.78, 5) is 10.7. The summed E-state index contributed by atoms with van der Waals surface area (Å²) in [6.45, 7) is 3.77. The molecule has 0 aliphatic rings. The largest absolute Gasteiger partial charge is 0.481 e. The lowest BCUT2D eigenvalue weighted by Gasteiger charge is -2.25. The molecule has 0 aliphatic carbocycles. The smallest absolute Gasteiger partial charge is 0.303 e. The molecule has 0 saturated heterocycles. The molecule has 1 aromatic rings. The molecular weight excluding hydrogens is 268 g/mol. The first-order valence-electron chi connectivity index (χ1n) is 6.10. The third-order valence-electron chi connectivity index (χ3n) is 2.76. The summed E-state index contributed by atoms with van der Waals surface area (Å²) in [5.74, 6) is -0.916. The monoisotopic (exact) mass is 288 g/mol. The zero-order chi connectivity index (χ0) is 14.6. The van der Waals surface area contributed by atoms with Crippen molar-refractivity contribution in [3.05, 3.63) is 18.5 Å². The Morgan fingerprint density at radius 2 is 2.11 bits per heavy atom. The van der Waals surface area contributed by atoms with Gasteiger partial charge in [0.25, 0.3) is 0 Å². The second-order valence-electron chi connectivity index (χ2n) is 4.72. The molecular formula is C12H20N2O4S. The minimum Gasteiger partial charge on any atom is -0.481 e. The van der Waals surface area contributed by atoms with E-state index < -0.39 is 16.0 Å². The first-order chi connectivity index (χ1) is 8.75. The quantitative estimate of drug-likeness (QED) is 0.820. The van der Waals surface area contributed by atoms with Gasteiger partial charge in [0.1, 0.15) is 0 Å². The minimum absolute atomic E-state index is 0.0342. The Morgan fingerprint density at radius 1 is 1.47 bits per heavy atom. The van der Waals surface area contributed by atoms with Crippen molar-refractivity contribution in [2.75, 3.05) is 6.54 Å². The number of hydrogen-bond acceptors (Lipinski definition) is 3. The van der Waals surface area contributed by atoms with Crippen molar-refractivity contribution in [2.24, 2.45) is 7.05 Å². The van der Waals surface area contributed by atoms with Crippen LogP contribution in [-0.2, 0) is 21.9 Å². The van der Waals surface area contributed by atoms with Crippen molar-refractivity contribution in [2.45, 2.75) is 37.6 Å². The zero-order valence-corrected chi connectivity index (χ0v) is 12.2. The fourth-order valence-corrected chi connectivity index (χ4v) is 3.54. The van der Waals surface area contributed by atoms with Crippen LogP contribution in [0.5, 0.6) is 0 Å². The van der Waals surface area contributed by atoms with Crippen LogP contribution >= 0.6 is 0 Å². The Labute approximate surface area is 113 Å². The van der Waals surface area contributed by atoms with Gasteiger partial charge >= 0.3 is 5.97 Å². The van der Waals surface area contributed by atoms with E-state index in [1.807, 2.05) is 0 Å². The number of hydrogen-bond donors (Lipinski definition) is 1. The van der Waals surface area contributed by atoms with Crippen molar-refractivity contribution in [3.8, 4) is 0 Å². The maximum atomic E-state index is 12.4. The number of sulfonamides is 1. The van der Waals surface area contributed by atoms with Crippen molar-refractivity contribution < 1.29 is 18.3 Å². The van der Waals surface area contributed by atoms with Crippen LogP contribution in [0.25, 0.3) is 0 Å². The van der Waals surface area contributed by atoms with E-state index in [1.165, 1.54) is 4.31 Å². The molecule has 0 bridgehead atoms. The molecule has 0 aliphatic heterocycles. The normalized spacial score (nSPS) is 12.3. The van der Waals surface area contributed by atoms with E-state index in [1.54, 1.807) is 43.9 Å². The summed E-state index contributed by atoms with van der Waals surface area (Å²) >= 11 is 0. The highest BCUT2D eigenvalue weighted by Crippen LogP contribution is 2.19. The van der Waals surface area contributed by atoms with Crippen LogP contribution in [-0.4, -0.2) is 41.0 Å². The molecule has 0 unspecified atom stereocenters. The van der Waals surface area contributed by atoms with Gasteiger partial charge in [0.05, 0.1) is 4.90 Å². The lowest BCUT2D eigenvalue weighted by molar-refractivity contribution is -0.137. The van der Waals surface area contributed by atoms with Crippen molar-refractivity contribution in [1.82, 2.24) is 8.87 Å². The summed E-state index contributed by atoms with van der Waals surface area (Å²) < 4.78 is 27.9. The molecule has 0 aromatic carbocycles. The van der Waals surface area contributed by atoms with Gasteiger partial charge in [0, 0.05) is 38.4 Å². The van der Waals surface area contributed by atoms with Crippen molar-refractivity contribution in [1.29, 1.82) is 0 Å². The van der Waals surface area contributed by atoms with E-state index in [9.17, 15) is 13.2 Å². The van der Waals surface area contributed by atoms with Gasteiger partial charge in [0.15, 0.2) is 0 Å². The number of carboxylic acid groups (broad SMARTS) is 1. The average Bonchev–Trinajstić information content (AvgIpc) is 2.70. The number of aromatic nitrogens is 1. The fourth-order valence-electron chi connectivity index (χ4n) is 1.81. The van der Waals surface area contributed by atoms with E-state index in [0.717, 1.165) is 0 Å². The summed E-state index contributed by atoms with van der Waals surface area (Å²) in [6, 6.07) is 1.33. The highest BCUT2D eigenvalue weighted by molar-refractivity contribution is 7.89. The van der Waals surface area contributed by atoms with E-state index >= 15 is 0 Å². The number of nitrogens with zero attached hydrogens (tertiary/aromatic N) is 2. The molecule has 19 heavy (non-hydrogen) atoms. The Hall–Kier alpha value is -1.34. The summed E-state index contributed by atoms with van der Waals surface area (Å²) in [7, 11) is -1.80. The molecule has 0 saturated carbocycles. The van der Waals surface area contributed by atoms with Crippen molar-refractivity contribution >= 4 is 16.0 Å². The van der Waals surface area contributed by atoms with E-state index in [2.05, 4.69) is 0 Å². The lowest BCUT2D eigenvalue weighted by Crippen LogP contribution is -2.37. The summed E-state index contributed by atoms with van der Waals surface area (Å²) in [5.41, 5.74) is 0. The molecule has 0 atom stereocenters. The summed E-state index contributed by atoms with van der Waals surface area (Å²) in [5, 5.41) is 8.62. The Bertz CT molecular complexity index is 534. The van der Waals surface area contributed by atoms with Crippen LogP contribution in [0.3, 0.4) is 0 Å². The van der Waals surface area contributed by atoms with Gasteiger partial charge in [-0.3, -0.25) is 4.79 Å². The van der Waals surface area contributed by atoms with Crippen LogP contribution in [0, 0.1) is 0 Å². The van der Waals surface area contributed by atoms with Gasteiger partial charge in [-0.25, -0.2) is 8.42 Å². The van der Waals surface area contributed by atoms with Crippen LogP contribution in [0.4, 0.5) is 0 Å². The van der Waals surface area contributed by atoms with Gasteiger partial charge < -0.3 is 9.67 Å². The molecule has 1 N–H and O–H groups in total. The topological polar surface area (TPSA) is 79.6 Å². The Morgan fingerprint density at radius 3 is 2.53 bits per heavy atom. The fraction of sp³-hybridized carbons (Fsp3) is 0.583. The predicted molar refractivity (Wildman–Crippen MR) is 71.3 cm³/mol. The molecule has 1 rings (SSSR count). The van der Waals surface area contributed by atoms with Gasteiger partial charge in [-0.1, -0.05) is 0 Å². The predicted octanol–water partition coefficient (Wildman–Crippen LogP) is 1.29. The highest BCUT2D eigenvalue weighted by Gasteiger charge is 2.27. The minimum atomic E-state index is -3.56. The average molecular weight is 288 g/mol. The number of carboxylic acids is 1. The molecule has 7 heteroatoms. The number of aliphatic carboxylic acids is 1. The molecule has 6 nitrogen and oxygen atoms in total. The maximum Gasteiger partial charge on any atom is 0.303 e. The zero-order valence-electron chi connectivity index (χ0n) is 11.4. The maximum absolute atomic E-state index is 12.4. The van der Waals surface area contributed by atoms with Crippen LogP contribution in [0.1, 0.15) is 26.7 Å². The number of aryl methyl sites for hydroxylation is 1. The van der Waals surface area contributed by atoms with Crippen LogP contribution in [0.2, 0.25) is 0 Å². The lowest BCUT2D eigenvalue weighted by atomic mass is 10.3.